The van der Waals surface area contributed by atoms with Gasteiger partial charge >= 0.3 is 35.8 Å². The Labute approximate surface area is 464 Å². The van der Waals surface area contributed by atoms with Crippen molar-refractivity contribution in [1.29, 1.82) is 0 Å². The highest BCUT2D eigenvalue weighted by Crippen LogP contribution is 2.61. The van der Waals surface area contributed by atoms with Crippen molar-refractivity contribution in [2.24, 2.45) is 17.8 Å². The van der Waals surface area contributed by atoms with E-state index in [4.69, 9.17) is 13.6 Å². The summed E-state index contributed by atoms with van der Waals surface area (Å²) in [7, 11) is -8.72. The van der Waals surface area contributed by atoms with E-state index >= 15 is 17.6 Å². The molecule has 0 bridgehead atoms. The lowest BCUT2D eigenvalue weighted by Crippen LogP contribution is -2.70. The van der Waals surface area contributed by atoms with Crippen LogP contribution in [0.1, 0.15) is 126 Å². The van der Waals surface area contributed by atoms with Crippen LogP contribution in [0.25, 0.3) is 0 Å². The second kappa shape index (κ2) is 26.6. The zero-order valence-corrected chi connectivity index (χ0v) is 51.6. The maximum atomic E-state index is 15.9. The summed E-state index contributed by atoms with van der Waals surface area (Å²) in [5.41, 5.74) is 3.27. The first-order valence-corrected chi connectivity index (χ1v) is 35.2. The molecule has 20 heteroatoms. The van der Waals surface area contributed by atoms with Gasteiger partial charge in [0.15, 0.2) is 8.32 Å². The topological polar surface area (TPSA) is 47.9 Å². The number of hydrogen-bond acceptors (Lipinski definition) is 4. The maximum absolute atomic E-state index is 15.9. The molecule has 3 aromatic rings. The molecule has 0 fully saturated rings. The summed E-state index contributed by atoms with van der Waals surface area (Å²) in [5, 5.41) is 12.2. The molecule has 1 N–H and O–H groups in total. The highest BCUT2D eigenvalue weighted by molar-refractivity contribution is 6.84. The fourth-order valence-electron chi connectivity index (χ4n) is 11.3. The molecule has 448 valence electrons. The molecule has 4 nitrogen and oxygen atoms in total. The van der Waals surface area contributed by atoms with Crippen LogP contribution in [0.15, 0.2) is 91.0 Å². The van der Waals surface area contributed by atoms with E-state index in [0.29, 0.717) is 0 Å². The molecule has 0 saturated heterocycles. The van der Waals surface area contributed by atoms with E-state index in [1.807, 2.05) is 97.9 Å². The Bertz CT molecular complexity index is 2260. The molecule has 3 aromatic carbocycles. The Balaban J connectivity index is 2.26. The van der Waals surface area contributed by atoms with Crippen molar-refractivity contribution >= 4 is 24.7 Å². The Morgan fingerprint density at radius 3 is 1.24 bits per heavy atom. The third-order valence-corrected chi connectivity index (χ3v) is 28.6. The summed E-state index contributed by atoms with van der Waals surface area (Å²) in [6, 6.07) is 26.8. The van der Waals surface area contributed by atoms with Crippen molar-refractivity contribution in [2.75, 3.05) is 6.61 Å². The van der Waals surface area contributed by atoms with Crippen LogP contribution in [-0.2, 0) is 19.2 Å². The summed E-state index contributed by atoms with van der Waals surface area (Å²) in [4.78, 5) is 0. The van der Waals surface area contributed by atoms with Gasteiger partial charge in [0.05, 0.1) is 18.8 Å². The van der Waals surface area contributed by atoms with Crippen LogP contribution in [0.2, 0.25) is 53.4 Å². The first kappa shape index (κ1) is 70.1. The van der Waals surface area contributed by atoms with Gasteiger partial charge in [-0.05, 0) is 69.2 Å². The summed E-state index contributed by atoms with van der Waals surface area (Å²) in [6.45, 7) is 30.6. The van der Waals surface area contributed by atoms with Crippen molar-refractivity contribution in [2.45, 2.75) is 222 Å². The molecule has 79 heavy (non-hydrogen) atoms. The number of aliphatic hydroxyl groups is 1. The average Bonchev–Trinajstić information content (AvgIpc) is 3.40. The lowest BCUT2D eigenvalue weighted by Gasteiger charge is -2.47. The van der Waals surface area contributed by atoms with E-state index in [1.54, 1.807) is 13.8 Å². The lowest BCUT2D eigenvalue weighted by atomic mass is 9.79. The van der Waals surface area contributed by atoms with Gasteiger partial charge in [0.25, 0.3) is 0 Å². The van der Waals surface area contributed by atoms with E-state index in [-0.39, 0.29) is 36.1 Å². The van der Waals surface area contributed by atoms with E-state index < -0.39 is 126 Å². The van der Waals surface area contributed by atoms with Gasteiger partial charge < -0.3 is 18.7 Å². The molecule has 0 amide bonds. The summed E-state index contributed by atoms with van der Waals surface area (Å²) >= 11 is 0. The summed E-state index contributed by atoms with van der Waals surface area (Å²) in [5.74, 6) is -35.9. The van der Waals surface area contributed by atoms with Crippen molar-refractivity contribution in [3.63, 3.8) is 0 Å². The smallest absolute Gasteiger partial charge is 0.413 e. The number of hydrogen-bond donors (Lipinski definition) is 1. The minimum absolute atomic E-state index is 0.125. The quantitative estimate of drug-likeness (QED) is 0.0326. The molecule has 0 aliphatic carbocycles. The number of halogens is 13. The molecule has 0 spiro atoms. The Morgan fingerprint density at radius 1 is 0.494 bits per heavy atom. The largest absolute Gasteiger partial charge is 0.460 e. The Morgan fingerprint density at radius 2 is 0.886 bits per heavy atom. The third kappa shape index (κ3) is 14.8. The first-order chi connectivity index (χ1) is 36.0. The fourth-order valence-corrected chi connectivity index (χ4v) is 22.2. The van der Waals surface area contributed by atoms with Crippen LogP contribution in [0.4, 0.5) is 57.1 Å². The molecular weight excluding hydrogens is 1100 g/mol. The predicted molar refractivity (Wildman–Crippen MR) is 296 cm³/mol. The SMILES string of the molecule is CC(C)[Si](CCC(F)(F)C(F)(F)C(F)(F)C(F)(F)C(F)(F)C(F)(F)F)(O[C@@H]([C@@H](C)CC[C@H](O)[C@@H](C)[C@H](C#C[Si](C)(C)C)O[Si](C(C)C)(C(C)C)C(C)C)[C@@H](C)COC(c1ccccc1)(c1ccccc1)c1ccccc1)C(C)C. The molecule has 0 aliphatic rings. The highest BCUT2D eigenvalue weighted by Gasteiger charge is 2.90. The van der Waals surface area contributed by atoms with Crippen molar-refractivity contribution in [1.82, 2.24) is 0 Å². The van der Waals surface area contributed by atoms with Gasteiger partial charge in [-0.3, -0.25) is 0 Å². The molecule has 3 rings (SSSR count). The van der Waals surface area contributed by atoms with E-state index in [0.717, 1.165) is 16.7 Å². The number of ether oxygens (including phenoxy) is 1. The Hall–Kier alpha value is -3.20. The van der Waals surface area contributed by atoms with E-state index in [9.17, 15) is 44.6 Å². The minimum Gasteiger partial charge on any atom is -0.413 e. The van der Waals surface area contributed by atoms with Gasteiger partial charge in [-0.1, -0.05) is 207 Å². The third-order valence-electron chi connectivity index (χ3n) is 16.0. The predicted octanol–water partition coefficient (Wildman–Crippen LogP) is 18.8. The van der Waals surface area contributed by atoms with Crippen LogP contribution < -0.4 is 0 Å². The maximum Gasteiger partial charge on any atom is 0.460 e. The second-order valence-electron chi connectivity index (χ2n) is 24.3. The highest BCUT2D eigenvalue weighted by atomic mass is 28.4. The second-order valence-corrected chi connectivity index (χ2v) is 39.4. The van der Waals surface area contributed by atoms with E-state index in [2.05, 4.69) is 72.6 Å². The molecule has 6 atom stereocenters. The molecule has 0 aromatic heterocycles. The zero-order valence-electron chi connectivity index (χ0n) is 48.6. The summed E-state index contributed by atoms with van der Waals surface area (Å²) < 4.78 is 210. The normalized spacial score (nSPS) is 16.5. The molecule has 0 aliphatic heterocycles. The Kier molecular flexibility index (Phi) is 23.6. The van der Waals surface area contributed by atoms with Crippen molar-refractivity contribution in [3.8, 4) is 11.5 Å². The van der Waals surface area contributed by atoms with Crippen LogP contribution in [-0.4, -0.2) is 90.5 Å². The van der Waals surface area contributed by atoms with Gasteiger partial charge in [0.2, 0.25) is 8.32 Å². The molecule has 0 unspecified atom stereocenters. The number of benzene rings is 3. The molecular formula is C59H85F13O4Si3. The monoisotopic (exact) mass is 1190 g/mol. The lowest BCUT2D eigenvalue weighted by molar-refractivity contribution is -0.440. The standard InChI is InChI=1S/C59H85F13O4Si3/c1-39(2)78(40(3)4,37-35-53(60,61)55(62,63)56(64,65)57(66,67)58(68,69)59(70,71)72)76-52(44(11)32-33-50(73)46(13)51(34-36-77(14,15)16)75-79(41(5)6,42(7)8)43(9)10)45(12)38-74-54(47-26-20-17-21-27-47,48-28-22-18-23-29-48)49-30-24-19-25-31-49/h17-31,39-46,50-52,73H,32-33,35,37-38H2,1-16H3/t44-,45-,46+,50-,51-,52-/m0/s1. The number of aliphatic hydroxyl groups excluding tert-OH is 1. The van der Waals surface area contributed by atoms with Gasteiger partial charge in [-0.2, -0.15) is 57.1 Å². The van der Waals surface area contributed by atoms with Crippen LogP contribution >= 0.6 is 0 Å². The summed E-state index contributed by atoms with van der Waals surface area (Å²) in [6.07, 6.45) is -12.3. The van der Waals surface area contributed by atoms with Gasteiger partial charge in [0.1, 0.15) is 19.8 Å². The average molecular weight is 1190 g/mol. The fraction of sp³-hybridized carbons (Fsp3) is 0.661. The van der Waals surface area contributed by atoms with Gasteiger partial charge in [-0.25, -0.2) is 0 Å². The number of rotatable bonds is 29. The van der Waals surface area contributed by atoms with E-state index in [1.165, 1.54) is 27.7 Å². The van der Waals surface area contributed by atoms with Crippen LogP contribution in [0.5, 0.6) is 0 Å². The molecule has 0 radical (unpaired) electrons. The zero-order chi connectivity index (χ0) is 60.8. The number of alkyl halides is 13. The molecule has 0 saturated carbocycles. The minimum atomic E-state index is -8.01. The van der Waals surface area contributed by atoms with Crippen molar-refractivity contribution < 1.29 is 75.8 Å². The first-order valence-electron chi connectivity index (χ1n) is 27.3. The molecule has 0 heterocycles. The van der Waals surface area contributed by atoms with Crippen LogP contribution in [0, 0.1) is 29.2 Å². The van der Waals surface area contributed by atoms with Crippen LogP contribution in [0.3, 0.4) is 0 Å². The van der Waals surface area contributed by atoms with Gasteiger partial charge in [0, 0.05) is 18.3 Å². The van der Waals surface area contributed by atoms with Crippen molar-refractivity contribution in [3.05, 3.63) is 108 Å². The van der Waals surface area contributed by atoms with Gasteiger partial charge in [-0.15, -0.1) is 5.54 Å².